The summed E-state index contributed by atoms with van der Waals surface area (Å²) in [5.41, 5.74) is 5.23. The summed E-state index contributed by atoms with van der Waals surface area (Å²) in [5, 5.41) is 5.35. The molecular weight excluding hydrogens is 148 g/mol. The van der Waals surface area contributed by atoms with E-state index in [0.29, 0.717) is 18.1 Å². The van der Waals surface area contributed by atoms with Crippen molar-refractivity contribution in [2.45, 2.75) is 19.3 Å². The summed E-state index contributed by atoms with van der Waals surface area (Å²) < 4.78 is 0. The normalized spacial score (nSPS) is 9.18. The second kappa shape index (κ2) is 7.07. The van der Waals surface area contributed by atoms with Gasteiger partial charge in [-0.25, -0.2) is 0 Å². The highest BCUT2D eigenvalue weighted by atomic mass is 16.4. The van der Waals surface area contributed by atoms with Crippen LogP contribution < -0.4 is 5.73 Å². The standard InChI is InChI=1S/C5H12N4O2/c6-4-2-1-3-5-9(7-10)8-11/h1-6H2. The van der Waals surface area contributed by atoms with Crippen LogP contribution in [0.15, 0.2) is 10.6 Å². The summed E-state index contributed by atoms with van der Waals surface area (Å²) >= 11 is 0. The van der Waals surface area contributed by atoms with Crippen LogP contribution in [0.3, 0.4) is 0 Å². The van der Waals surface area contributed by atoms with Crippen molar-refractivity contribution >= 4 is 0 Å². The minimum atomic E-state index is 0.285. The molecule has 0 saturated carbocycles. The van der Waals surface area contributed by atoms with Crippen LogP contribution in [-0.2, 0) is 0 Å². The monoisotopic (exact) mass is 160 g/mol. The number of hydrogen-bond acceptors (Lipinski definition) is 5. The number of nitroso groups, excluding NO2 is 2. The van der Waals surface area contributed by atoms with Crippen LogP contribution in [0, 0.1) is 9.81 Å². The summed E-state index contributed by atoms with van der Waals surface area (Å²) in [4.78, 5) is 19.5. The minimum Gasteiger partial charge on any atom is -0.330 e. The van der Waals surface area contributed by atoms with Gasteiger partial charge < -0.3 is 5.73 Å². The van der Waals surface area contributed by atoms with Gasteiger partial charge in [-0.3, -0.25) is 0 Å². The quantitative estimate of drug-likeness (QED) is 0.338. The van der Waals surface area contributed by atoms with Crippen molar-refractivity contribution in [3.8, 4) is 0 Å². The molecule has 0 aliphatic heterocycles. The average molecular weight is 160 g/mol. The first-order valence-corrected chi connectivity index (χ1v) is 3.49. The zero-order valence-corrected chi connectivity index (χ0v) is 6.27. The fourth-order valence-corrected chi connectivity index (χ4v) is 0.671. The maximum atomic E-state index is 9.76. The van der Waals surface area contributed by atoms with Crippen molar-refractivity contribution < 1.29 is 0 Å². The third-order valence-electron chi connectivity index (χ3n) is 1.25. The third-order valence-corrected chi connectivity index (χ3v) is 1.25. The number of nitrogens with two attached hydrogens (primary N) is 1. The maximum absolute atomic E-state index is 9.76. The molecule has 0 fully saturated rings. The molecule has 0 aliphatic carbocycles. The van der Waals surface area contributed by atoms with Crippen molar-refractivity contribution in [1.29, 1.82) is 0 Å². The fourth-order valence-electron chi connectivity index (χ4n) is 0.671. The Kier molecular flexibility index (Phi) is 6.40. The molecule has 0 radical (unpaired) electrons. The Morgan fingerprint density at radius 2 is 1.73 bits per heavy atom. The summed E-state index contributed by atoms with van der Waals surface area (Å²) in [6.45, 7) is 0.913. The molecule has 0 amide bonds. The average Bonchev–Trinajstić information content (AvgIpc) is 2.05. The fraction of sp³-hybridized carbons (Fsp3) is 1.00. The van der Waals surface area contributed by atoms with E-state index in [1.54, 1.807) is 0 Å². The van der Waals surface area contributed by atoms with Gasteiger partial charge in [0.2, 0.25) is 0 Å². The number of hydrogen-bond donors (Lipinski definition) is 1. The molecule has 0 heterocycles. The highest BCUT2D eigenvalue weighted by Crippen LogP contribution is 1.98. The zero-order valence-electron chi connectivity index (χ0n) is 6.27. The molecule has 11 heavy (non-hydrogen) atoms. The van der Waals surface area contributed by atoms with Crippen LogP contribution >= 0.6 is 0 Å². The van der Waals surface area contributed by atoms with Gasteiger partial charge in [-0.2, -0.15) is 0 Å². The van der Waals surface area contributed by atoms with E-state index in [9.17, 15) is 9.81 Å². The minimum absolute atomic E-state index is 0.285. The van der Waals surface area contributed by atoms with Gasteiger partial charge in [0, 0.05) is 0 Å². The first-order chi connectivity index (χ1) is 5.35. The van der Waals surface area contributed by atoms with E-state index in [0.717, 1.165) is 12.8 Å². The van der Waals surface area contributed by atoms with Gasteiger partial charge in [-0.05, 0) is 19.4 Å². The zero-order chi connectivity index (χ0) is 8.53. The predicted molar refractivity (Wildman–Crippen MR) is 41.2 cm³/mol. The molecule has 0 spiro atoms. The van der Waals surface area contributed by atoms with Gasteiger partial charge in [0.1, 0.15) is 0 Å². The molecule has 0 atom stereocenters. The van der Waals surface area contributed by atoms with Gasteiger partial charge in [-0.1, -0.05) is 6.42 Å². The lowest BCUT2D eigenvalue weighted by Crippen LogP contribution is -2.10. The molecule has 0 aromatic heterocycles. The van der Waals surface area contributed by atoms with Crippen LogP contribution in [0.2, 0.25) is 0 Å². The van der Waals surface area contributed by atoms with Crippen molar-refractivity contribution in [1.82, 2.24) is 5.12 Å². The van der Waals surface area contributed by atoms with Crippen molar-refractivity contribution in [3.63, 3.8) is 0 Å². The van der Waals surface area contributed by atoms with E-state index in [1.807, 2.05) is 0 Å². The molecule has 0 rings (SSSR count). The van der Waals surface area contributed by atoms with Crippen LogP contribution in [-0.4, -0.2) is 18.2 Å². The molecule has 0 unspecified atom stereocenters. The van der Waals surface area contributed by atoms with Gasteiger partial charge >= 0.3 is 0 Å². The summed E-state index contributed by atoms with van der Waals surface area (Å²) in [6.07, 6.45) is 2.50. The number of nitrogens with zero attached hydrogens (tertiary/aromatic N) is 3. The first kappa shape index (κ1) is 9.96. The SMILES string of the molecule is NCCCCCN(N=O)N=O. The van der Waals surface area contributed by atoms with E-state index in [-0.39, 0.29) is 6.54 Å². The molecule has 2 N–H and O–H groups in total. The number of rotatable bonds is 7. The Balaban J connectivity index is 3.21. The second-order valence-corrected chi connectivity index (χ2v) is 2.11. The smallest absolute Gasteiger partial charge is 0.0777 e. The Morgan fingerprint density at radius 1 is 1.09 bits per heavy atom. The van der Waals surface area contributed by atoms with E-state index in [2.05, 4.69) is 10.6 Å². The Labute approximate surface area is 64.6 Å². The van der Waals surface area contributed by atoms with Gasteiger partial charge in [-0.15, -0.1) is 14.9 Å². The summed E-state index contributed by atoms with van der Waals surface area (Å²) in [5.74, 6) is 0. The Bertz CT molecular complexity index is 111. The van der Waals surface area contributed by atoms with Gasteiger partial charge in [0.25, 0.3) is 0 Å². The summed E-state index contributed by atoms with van der Waals surface area (Å²) in [6, 6.07) is 0. The van der Waals surface area contributed by atoms with E-state index in [4.69, 9.17) is 5.73 Å². The first-order valence-electron chi connectivity index (χ1n) is 3.49. The second-order valence-electron chi connectivity index (χ2n) is 2.11. The van der Waals surface area contributed by atoms with Crippen molar-refractivity contribution in [3.05, 3.63) is 9.81 Å². The predicted octanol–water partition coefficient (Wildman–Crippen LogP) is 0.780. The van der Waals surface area contributed by atoms with E-state index < -0.39 is 0 Å². The third kappa shape index (κ3) is 5.41. The Hall–Kier alpha value is -1.04. The molecule has 0 aromatic rings. The van der Waals surface area contributed by atoms with Crippen LogP contribution in [0.25, 0.3) is 0 Å². The largest absolute Gasteiger partial charge is 0.330 e. The molecule has 64 valence electrons. The van der Waals surface area contributed by atoms with Crippen molar-refractivity contribution in [2.24, 2.45) is 16.3 Å². The van der Waals surface area contributed by atoms with Crippen LogP contribution in [0.4, 0.5) is 0 Å². The highest BCUT2D eigenvalue weighted by molar-refractivity contribution is 4.46. The van der Waals surface area contributed by atoms with E-state index in [1.165, 1.54) is 0 Å². The van der Waals surface area contributed by atoms with Crippen molar-refractivity contribution in [2.75, 3.05) is 13.1 Å². The molecular formula is C5H12N4O2. The van der Waals surface area contributed by atoms with Crippen LogP contribution in [0.5, 0.6) is 0 Å². The number of unbranched alkanes of at least 4 members (excludes halogenated alkanes) is 2. The molecule has 6 heteroatoms. The lowest BCUT2D eigenvalue weighted by molar-refractivity contribution is 0.287. The van der Waals surface area contributed by atoms with Gasteiger partial charge in [0.15, 0.2) is 0 Å². The highest BCUT2D eigenvalue weighted by Gasteiger charge is 1.99. The maximum Gasteiger partial charge on any atom is 0.0777 e. The Morgan fingerprint density at radius 3 is 2.18 bits per heavy atom. The lowest BCUT2D eigenvalue weighted by atomic mass is 10.2. The summed E-state index contributed by atoms with van der Waals surface area (Å²) in [7, 11) is 0. The molecule has 0 saturated heterocycles. The molecule has 0 bridgehead atoms. The van der Waals surface area contributed by atoms with Crippen LogP contribution in [0.1, 0.15) is 19.3 Å². The van der Waals surface area contributed by atoms with E-state index >= 15 is 0 Å². The molecule has 0 aliphatic rings. The topological polar surface area (TPSA) is 88.1 Å². The van der Waals surface area contributed by atoms with Gasteiger partial charge in [0.05, 0.1) is 17.1 Å². The molecule has 6 nitrogen and oxygen atoms in total. The lowest BCUT2D eigenvalue weighted by Gasteiger charge is -2.02. The molecule has 0 aromatic carbocycles.